The first-order valence-electron chi connectivity index (χ1n) is 8.85. The van der Waals surface area contributed by atoms with Gasteiger partial charge in [-0.15, -0.1) is 0 Å². The molecule has 1 aromatic heterocycles. The Morgan fingerprint density at radius 1 is 0.885 bits per heavy atom. The second-order valence-electron chi connectivity index (χ2n) is 8.01. The number of carbonyl (C=O) groups is 1. The first-order chi connectivity index (χ1) is 12.2. The van der Waals surface area contributed by atoms with Gasteiger partial charge in [-0.05, 0) is 53.4 Å². The van der Waals surface area contributed by atoms with Crippen molar-refractivity contribution in [2.24, 2.45) is 0 Å². The third-order valence-electron chi connectivity index (χ3n) is 4.78. The largest absolute Gasteiger partial charge is 0.378 e. The number of H-pyrrole nitrogens is 1. The quantitative estimate of drug-likeness (QED) is 0.737. The maximum atomic E-state index is 12.9. The van der Waals surface area contributed by atoms with Gasteiger partial charge in [0.25, 0.3) is 5.91 Å². The smallest absolute Gasteiger partial charge is 0.274 e. The molecule has 0 atom stereocenters. The van der Waals surface area contributed by atoms with Crippen molar-refractivity contribution >= 4 is 28.2 Å². The number of aromatic nitrogens is 1. The summed E-state index contributed by atoms with van der Waals surface area (Å²) in [7, 11) is 5.81. The Bertz CT molecular complexity index is 930. The highest BCUT2D eigenvalue weighted by Gasteiger charge is 2.18. The van der Waals surface area contributed by atoms with Crippen molar-refractivity contribution < 1.29 is 4.79 Å². The van der Waals surface area contributed by atoms with Gasteiger partial charge in [-0.25, -0.2) is 0 Å². The van der Waals surface area contributed by atoms with Crippen LogP contribution in [-0.4, -0.2) is 32.0 Å². The molecule has 4 heteroatoms. The van der Waals surface area contributed by atoms with E-state index in [0.29, 0.717) is 5.69 Å². The van der Waals surface area contributed by atoms with Gasteiger partial charge in [-0.2, -0.15) is 0 Å². The van der Waals surface area contributed by atoms with Crippen LogP contribution in [0, 0.1) is 0 Å². The van der Waals surface area contributed by atoms with Crippen LogP contribution in [0.2, 0.25) is 0 Å². The Morgan fingerprint density at radius 3 is 2.08 bits per heavy atom. The molecule has 0 spiro atoms. The Morgan fingerprint density at radius 2 is 1.50 bits per heavy atom. The number of nitrogens with zero attached hydrogens (tertiary/aromatic N) is 2. The molecule has 3 aromatic rings. The van der Waals surface area contributed by atoms with E-state index in [0.717, 1.165) is 22.3 Å². The van der Waals surface area contributed by atoms with Crippen LogP contribution in [-0.2, 0) is 5.41 Å². The van der Waals surface area contributed by atoms with Crippen LogP contribution < -0.4 is 9.80 Å². The van der Waals surface area contributed by atoms with Crippen LogP contribution in [0.3, 0.4) is 0 Å². The minimum atomic E-state index is -0.0453. The molecule has 136 valence electrons. The van der Waals surface area contributed by atoms with E-state index in [9.17, 15) is 4.79 Å². The molecule has 0 aliphatic heterocycles. The zero-order valence-electron chi connectivity index (χ0n) is 16.4. The van der Waals surface area contributed by atoms with Crippen LogP contribution >= 0.6 is 0 Å². The third kappa shape index (κ3) is 3.45. The Balaban J connectivity index is 1.89. The number of carbonyl (C=O) groups excluding carboxylic acids is 1. The summed E-state index contributed by atoms with van der Waals surface area (Å²) in [5, 5.41) is 1.07. The van der Waals surface area contributed by atoms with E-state index in [1.165, 1.54) is 5.56 Å². The van der Waals surface area contributed by atoms with Crippen molar-refractivity contribution in [1.82, 2.24) is 4.98 Å². The number of fused-ring (bicyclic) bond motifs is 1. The summed E-state index contributed by atoms with van der Waals surface area (Å²) in [6, 6.07) is 16.2. The van der Waals surface area contributed by atoms with Gasteiger partial charge in [0.1, 0.15) is 5.69 Å². The highest BCUT2D eigenvalue weighted by molar-refractivity contribution is 6.07. The highest BCUT2D eigenvalue weighted by Crippen LogP contribution is 2.27. The number of hydrogen-bond donors (Lipinski definition) is 1. The standard InChI is InChI=1S/C22H27N3O/c1-22(2,3)16-7-12-19-15(13-16)14-20(23-19)21(26)25(6)18-10-8-17(9-11-18)24(4)5/h7-14,23H,1-6H3. The number of rotatable bonds is 3. The van der Waals surface area contributed by atoms with Gasteiger partial charge in [0.05, 0.1) is 0 Å². The van der Waals surface area contributed by atoms with Gasteiger partial charge in [-0.1, -0.05) is 26.8 Å². The van der Waals surface area contributed by atoms with Crippen molar-refractivity contribution in [2.45, 2.75) is 26.2 Å². The molecule has 2 aromatic carbocycles. The maximum Gasteiger partial charge on any atom is 0.274 e. The zero-order chi connectivity index (χ0) is 19.1. The zero-order valence-corrected chi connectivity index (χ0v) is 16.4. The third-order valence-corrected chi connectivity index (χ3v) is 4.78. The minimum Gasteiger partial charge on any atom is -0.378 e. The number of benzene rings is 2. The fourth-order valence-corrected chi connectivity index (χ4v) is 2.99. The Kier molecular flexibility index (Phi) is 4.53. The average molecular weight is 349 g/mol. The predicted octanol–water partition coefficient (Wildman–Crippen LogP) is 4.81. The van der Waals surface area contributed by atoms with Crippen molar-refractivity contribution in [3.05, 3.63) is 59.8 Å². The van der Waals surface area contributed by atoms with Crippen molar-refractivity contribution in [1.29, 1.82) is 0 Å². The molecule has 0 aliphatic carbocycles. The van der Waals surface area contributed by atoms with Crippen molar-refractivity contribution in [2.75, 3.05) is 30.9 Å². The van der Waals surface area contributed by atoms with E-state index in [4.69, 9.17) is 0 Å². The van der Waals surface area contributed by atoms with Crippen LogP contribution in [0.1, 0.15) is 36.8 Å². The topological polar surface area (TPSA) is 39.3 Å². The molecule has 3 rings (SSSR count). The van der Waals surface area contributed by atoms with Gasteiger partial charge in [0.15, 0.2) is 0 Å². The average Bonchev–Trinajstić information content (AvgIpc) is 3.03. The second-order valence-corrected chi connectivity index (χ2v) is 8.01. The first kappa shape index (κ1) is 18.1. The van der Waals surface area contributed by atoms with Crippen LogP contribution in [0.25, 0.3) is 10.9 Å². The summed E-state index contributed by atoms with van der Waals surface area (Å²) in [4.78, 5) is 19.9. The van der Waals surface area contributed by atoms with Gasteiger partial charge in [0.2, 0.25) is 0 Å². The lowest BCUT2D eigenvalue weighted by Gasteiger charge is -2.18. The summed E-state index contributed by atoms with van der Waals surface area (Å²) in [6.45, 7) is 6.58. The molecule has 0 saturated carbocycles. The molecule has 0 aliphatic rings. The lowest BCUT2D eigenvalue weighted by molar-refractivity contribution is 0.0989. The van der Waals surface area contributed by atoms with Gasteiger partial charge < -0.3 is 14.8 Å². The molecule has 1 amide bonds. The predicted molar refractivity (Wildman–Crippen MR) is 111 cm³/mol. The van der Waals surface area contributed by atoms with E-state index in [1.54, 1.807) is 11.9 Å². The van der Waals surface area contributed by atoms with E-state index < -0.39 is 0 Å². The number of aromatic amines is 1. The number of amides is 1. The summed E-state index contributed by atoms with van der Waals surface area (Å²) in [6.07, 6.45) is 0. The fraction of sp³-hybridized carbons (Fsp3) is 0.318. The molecule has 1 heterocycles. The normalized spacial score (nSPS) is 11.6. The molecule has 0 radical (unpaired) electrons. The van der Waals surface area contributed by atoms with Gasteiger partial charge in [-0.3, -0.25) is 4.79 Å². The lowest BCUT2D eigenvalue weighted by Crippen LogP contribution is -2.26. The van der Waals surface area contributed by atoms with Crippen molar-refractivity contribution in [3.63, 3.8) is 0 Å². The van der Waals surface area contributed by atoms with Gasteiger partial charge in [0, 0.05) is 43.4 Å². The summed E-state index contributed by atoms with van der Waals surface area (Å²) >= 11 is 0. The first-order valence-corrected chi connectivity index (χ1v) is 8.85. The van der Waals surface area contributed by atoms with Crippen molar-refractivity contribution in [3.8, 4) is 0 Å². The molecule has 0 bridgehead atoms. The molecule has 4 nitrogen and oxygen atoms in total. The van der Waals surface area contributed by atoms with E-state index in [-0.39, 0.29) is 11.3 Å². The summed E-state index contributed by atoms with van der Waals surface area (Å²) in [5.41, 5.74) is 4.91. The molecule has 0 unspecified atom stereocenters. The Hall–Kier alpha value is -2.75. The van der Waals surface area contributed by atoms with Gasteiger partial charge >= 0.3 is 0 Å². The number of anilines is 2. The molecular weight excluding hydrogens is 322 g/mol. The molecule has 0 saturated heterocycles. The lowest BCUT2D eigenvalue weighted by atomic mass is 9.86. The molecule has 26 heavy (non-hydrogen) atoms. The van der Waals surface area contributed by atoms with Crippen LogP contribution in [0.5, 0.6) is 0 Å². The van der Waals surface area contributed by atoms with Crippen LogP contribution in [0.15, 0.2) is 48.5 Å². The monoisotopic (exact) mass is 349 g/mol. The molecule has 0 fully saturated rings. The van der Waals surface area contributed by atoms with E-state index >= 15 is 0 Å². The summed E-state index contributed by atoms with van der Waals surface area (Å²) in [5.74, 6) is -0.0453. The summed E-state index contributed by atoms with van der Waals surface area (Å²) < 4.78 is 0. The number of hydrogen-bond acceptors (Lipinski definition) is 2. The van der Waals surface area contributed by atoms with Crippen LogP contribution in [0.4, 0.5) is 11.4 Å². The minimum absolute atomic E-state index is 0.0453. The number of nitrogens with one attached hydrogen (secondary N) is 1. The van der Waals surface area contributed by atoms with E-state index in [1.807, 2.05) is 49.3 Å². The molecular formula is C22H27N3O. The molecule has 1 N–H and O–H groups in total. The SMILES string of the molecule is CN(C)c1ccc(N(C)C(=O)c2cc3cc(C(C)(C)C)ccc3[nH]2)cc1. The highest BCUT2D eigenvalue weighted by atomic mass is 16.2. The van der Waals surface area contributed by atoms with E-state index in [2.05, 4.69) is 44.0 Å². The Labute approximate surface area is 155 Å². The maximum absolute atomic E-state index is 12.9. The fourth-order valence-electron chi connectivity index (χ4n) is 2.99. The second kappa shape index (κ2) is 6.52.